The molecule has 1 unspecified atom stereocenters. The maximum atomic E-state index is 6.22. The predicted molar refractivity (Wildman–Crippen MR) is 137 cm³/mol. The Morgan fingerprint density at radius 2 is 2.00 bits per heavy atom. The smallest absolute Gasteiger partial charge is 0.191 e. The Balaban J connectivity index is 0.00000306. The van der Waals surface area contributed by atoms with Gasteiger partial charge in [0.05, 0.1) is 19.8 Å². The first kappa shape index (κ1) is 25.5. The Morgan fingerprint density at radius 1 is 1.18 bits per heavy atom. The third-order valence-electron chi connectivity index (χ3n) is 6.02. The van der Waals surface area contributed by atoms with Gasteiger partial charge in [0.1, 0.15) is 12.4 Å². The second kappa shape index (κ2) is 12.4. The maximum absolute atomic E-state index is 6.22. The van der Waals surface area contributed by atoms with Gasteiger partial charge in [-0.05, 0) is 49.8 Å². The summed E-state index contributed by atoms with van der Waals surface area (Å²) in [6.45, 7) is 1.84. The minimum atomic E-state index is 0. The van der Waals surface area contributed by atoms with E-state index >= 15 is 0 Å². The number of rotatable bonds is 8. The van der Waals surface area contributed by atoms with Crippen LogP contribution in [0.3, 0.4) is 0 Å². The molecule has 2 aromatic rings. The lowest BCUT2D eigenvalue weighted by molar-refractivity contribution is 0.177. The predicted octanol–water partition coefficient (Wildman–Crippen LogP) is 3.05. The first-order valence-electron chi connectivity index (χ1n) is 11.4. The van der Waals surface area contributed by atoms with Gasteiger partial charge in [-0.2, -0.15) is 5.10 Å². The van der Waals surface area contributed by atoms with E-state index in [9.17, 15) is 0 Å². The molecule has 10 heteroatoms. The molecule has 1 fully saturated rings. The van der Waals surface area contributed by atoms with Crippen LogP contribution >= 0.6 is 24.0 Å². The molecule has 1 aromatic carbocycles. The van der Waals surface area contributed by atoms with E-state index in [1.807, 2.05) is 10.7 Å². The quantitative estimate of drug-likeness (QED) is 0.286. The van der Waals surface area contributed by atoms with E-state index in [1.54, 1.807) is 21.3 Å². The molecule has 0 radical (unpaired) electrons. The molecule has 1 atom stereocenters. The van der Waals surface area contributed by atoms with Gasteiger partial charge >= 0.3 is 0 Å². The molecule has 0 bridgehead atoms. The van der Waals surface area contributed by atoms with Crippen molar-refractivity contribution in [2.45, 2.75) is 70.4 Å². The fourth-order valence-corrected chi connectivity index (χ4v) is 4.35. The van der Waals surface area contributed by atoms with E-state index in [4.69, 9.17) is 14.2 Å². The standard InChI is InChI=1S/C23H34N6O3.HI/c1-24-23(26-17-9-11-22-27-21(15-30-2)28-29(22)14-17)25-13-16-8-10-19(31-3)20(12-16)32-18-6-4-5-7-18;/h8,10,12,17-18H,4-7,9,11,13-15H2,1-3H3,(H2,24,25,26);1H. The van der Waals surface area contributed by atoms with Crippen LogP contribution in [0.4, 0.5) is 0 Å². The van der Waals surface area contributed by atoms with Crippen molar-refractivity contribution in [1.29, 1.82) is 0 Å². The summed E-state index contributed by atoms with van der Waals surface area (Å²) < 4.78 is 18.8. The molecule has 1 aliphatic heterocycles. The Labute approximate surface area is 212 Å². The summed E-state index contributed by atoms with van der Waals surface area (Å²) in [5.74, 6) is 4.12. The van der Waals surface area contributed by atoms with Gasteiger partial charge in [0.25, 0.3) is 0 Å². The highest BCUT2D eigenvalue weighted by Gasteiger charge is 2.23. The minimum Gasteiger partial charge on any atom is -0.493 e. The highest BCUT2D eigenvalue weighted by Crippen LogP contribution is 2.32. The first-order chi connectivity index (χ1) is 15.7. The molecular weight excluding hydrogens is 535 g/mol. The third-order valence-corrected chi connectivity index (χ3v) is 6.02. The Kier molecular flexibility index (Phi) is 9.60. The van der Waals surface area contributed by atoms with E-state index in [2.05, 4.69) is 37.8 Å². The average molecular weight is 570 g/mol. The molecule has 1 saturated carbocycles. The topological polar surface area (TPSA) is 94.8 Å². The van der Waals surface area contributed by atoms with Crippen LogP contribution in [-0.4, -0.2) is 54.1 Å². The first-order valence-corrected chi connectivity index (χ1v) is 11.4. The number of methoxy groups -OCH3 is 2. The van der Waals surface area contributed by atoms with Gasteiger partial charge in [-0.15, -0.1) is 24.0 Å². The second-order valence-electron chi connectivity index (χ2n) is 8.37. The zero-order valence-corrected chi connectivity index (χ0v) is 22.0. The van der Waals surface area contributed by atoms with Crippen molar-refractivity contribution in [3.63, 3.8) is 0 Å². The van der Waals surface area contributed by atoms with E-state index in [0.717, 1.165) is 66.9 Å². The van der Waals surface area contributed by atoms with E-state index in [0.29, 0.717) is 19.3 Å². The van der Waals surface area contributed by atoms with Gasteiger partial charge < -0.3 is 24.8 Å². The normalized spacial score (nSPS) is 18.4. The molecule has 4 rings (SSSR count). The molecule has 0 spiro atoms. The summed E-state index contributed by atoms with van der Waals surface area (Å²) >= 11 is 0. The van der Waals surface area contributed by atoms with Crippen LogP contribution in [0.2, 0.25) is 0 Å². The van der Waals surface area contributed by atoms with Crippen molar-refractivity contribution in [3.8, 4) is 11.5 Å². The number of nitrogens with one attached hydrogen (secondary N) is 2. The van der Waals surface area contributed by atoms with E-state index < -0.39 is 0 Å². The molecule has 0 amide bonds. The monoisotopic (exact) mass is 570 g/mol. The Morgan fingerprint density at radius 3 is 2.73 bits per heavy atom. The van der Waals surface area contributed by atoms with Crippen molar-refractivity contribution in [3.05, 3.63) is 35.4 Å². The number of aryl methyl sites for hydroxylation is 1. The van der Waals surface area contributed by atoms with E-state index in [1.165, 1.54) is 12.8 Å². The van der Waals surface area contributed by atoms with Crippen molar-refractivity contribution < 1.29 is 14.2 Å². The van der Waals surface area contributed by atoms with Crippen LogP contribution in [0.1, 0.15) is 49.3 Å². The van der Waals surface area contributed by atoms with Crippen LogP contribution in [0.15, 0.2) is 23.2 Å². The summed E-state index contributed by atoms with van der Waals surface area (Å²) in [6, 6.07) is 6.34. The van der Waals surface area contributed by atoms with Gasteiger partial charge in [0.15, 0.2) is 23.3 Å². The molecule has 1 aromatic heterocycles. The molecule has 2 N–H and O–H groups in total. The summed E-state index contributed by atoms with van der Waals surface area (Å²) in [7, 11) is 5.13. The van der Waals surface area contributed by atoms with Gasteiger partial charge in [-0.25, -0.2) is 9.67 Å². The number of benzene rings is 1. The number of halogens is 1. The molecular formula is C23H35IN6O3. The number of hydrogen-bond acceptors (Lipinski definition) is 6. The fourth-order valence-electron chi connectivity index (χ4n) is 4.35. The lowest BCUT2D eigenvalue weighted by Gasteiger charge is -2.25. The Bertz CT molecular complexity index is 929. The summed E-state index contributed by atoms with van der Waals surface area (Å²) in [4.78, 5) is 8.94. The van der Waals surface area contributed by atoms with Gasteiger partial charge in [-0.3, -0.25) is 4.99 Å². The van der Waals surface area contributed by atoms with Crippen LogP contribution in [0, 0.1) is 0 Å². The SMILES string of the molecule is CN=C(NCc1ccc(OC)c(OC2CCCC2)c1)NC1CCc2nc(COC)nn2C1.I. The minimum absolute atomic E-state index is 0. The van der Waals surface area contributed by atoms with Gasteiger partial charge in [-0.1, -0.05) is 6.07 Å². The lowest BCUT2D eigenvalue weighted by atomic mass is 10.1. The average Bonchev–Trinajstić information content (AvgIpc) is 3.46. The number of ether oxygens (including phenoxy) is 3. The zero-order chi connectivity index (χ0) is 22.3. The highest BCUT2D eigenvalue weighted by molar-refractivity contribution is 14.0. The largest absolute Gasteiger partial charge is 0.493 e. The van der Waals surface area contributed by atoms with Crippen molar-refractivity contribution in [2.75, 3.05) is 21.3 Å². The van der Waals surface area contributed by atoms with Gasteiger partial charge in [0, 0.05) is 33.2 Å². The Hall–Kier alpha value is -2.08. The number of aliphatic imine (C=N–C) groups is 1. The van der Waals surface area contributed by atoms with E-state index in [-0.39, 0.29) is 30.0 Å². The van der Waals surface area contributed by atoms with Gasteiger partial charge in [0.2, 0.25) is 0 Å². The molecule has 182 valence electrons. The summed E-state index contributed by atoms with van der Waals surface area (Å²) in [5.41, 5.74) is 1.12. The molecule has 9 nitrogen and oxygen atoms in total. The molecule has 2 heterocycles. The number of nitrogens with zero attached hydrogens (tertiary/aromatic N) is 4. The van der Waals surface area contributed by atoms with Crippen LogP contribution in [0.5, 0.6) is 11.5 Å². The third kappa shape index (κ3) is 6.72. The van der Waals surface area contributed by atoms with Crippen molar-refractivity contribution in [2.24, 2.45) is 4.99 Å². The summed E-state index contributed by atoms with van der Waals surface area (Å²) in [6.07, 6.45) is 6.86. The van der Waals surface area contributed by atoms with Crippen LogP contribution < -0.4 is 20.1 Å². The maximum Gasteiger partial charge on any atom is 0.191 e. The molecule has 33 heavy (non-hydrogen) atoms. The number of guanidine groups is 1. The van der Waals surface area contributed by atoms with Crippen LogP contribution in [0.25, 0.3) is 0 Å². The van der Waals surface area contributed by atoms with Crippen molar-refractivity contribution in [1.82, 2.24) is 25.4 Å². The molecule has 2 aliphatic rings. The zero-order valence-electron chi connectivity index (χ0n) is 19.7. The number of hydrogen-bond donors (Lipinski definition) is 2. The lowest BCUT2D eigenvalue weighted by Crippen LogP contribution is -2.46. The van der Waals surface area contributed by atoms with Crippen molar-refractivity contribution >= 4 is 29.9 Å². The summed E-state index contributed by atoms with van der Waals surface area (Å²) in [5, 5.41) is 11.5. The number of fused-ring (bicyclic) bond motifs is 1. The number of aromatic nitrogens is 3. The second-order valence-corrected chi connectivity index (χ2v) is 8.37. The fraction of sp³-hybridized carbons (Fsp3) is 0.609. The molecule has 1 aliphatic carbocycles. The highest BCUT2D eigenvalue weighted by atomic mass is 127. The van der Waals surface area contributed by atoms with Crippen LogP contribution in [-0.2, 0) is 30.9 Å². The molecule has 0 saturated heterocycles.